The molecule has 1 aliphatic rings. The van der Waals surface area contributed by atoms with E-state index >= 15 is 0 Å². The lowest BCUT2D eigenvalue weighted by Crippen LogP contribution is -2.36. The van der Waals surface area contributed by atoms with Crippen LogP contribution >= 0.6 is 0 Å². The van der Waals surface area contributed by atoms with E-state index in [0.717, 1.165) is 21.9 Å². The fraction of sp³-hybridized carbons (Fsp3) is 0.316. The molecule has 0 bridgehead atoms. The summed E-state index contributed by atoms with van der Waals surface area (Å²) >= 11 is 0. The van der Waals surface area contributed by atoms with Crippen molar-refractivity contribution in [2.75, 3.05) is 6.54 Å². The molecule has 25 heavy (non-hydrogen) atoms. The van der Waals surface area contributed by atoms with Crippen molar-refractivity contribution in [3.05, 3.63) is 58.9 Å². The van der Waals surface area contributed by atoms with E-state index in [-0.39, 0.29) is 18.2 Å². The van der Waals surface area contributed by atoms with E-state index in [0.29, 0.717) is 12.0 Å². The molecule has 0 saturated carbocycles. The number of hydrogen-bond donors (Lipinski definition) is 1. The van der Waals surface area contributed by atoms with Crippen molar-refractivity contribution >= 4 is 17.7 Å². The number of aromatic nitrogens is 1. The first-order chi connectivity index (χ1) is 11.9. The lowest BCUT2D eigenvalue weighted by Gasteiger charge is -2.12. The van der Waals surface area contributed by atoms with Crippen LogP contribution < -0.4 is 5.32 Å². The van der Waals surface area contributed by atoms with E-state index in [1.165, 1.54) is 0 Å². The summed E-state index contributed by atoms with van der Waals surface area (Å²) in [7, 11) is 1.88. The van der Waals surface area contributed by atoms with Crippen molar-refractivity contribution in [2.24, 2.45) is 7.05 Å². The summed E-state index contributed by atoms with van der Waals surface area (Å²) in [6, 6.07) is 10.1. The fourth-order valence-electron chi connectivity index (χ4n) is 3.08. The number of nitrogens with one attached hydrogen (secondary N) is 1. The van der Waals surface area contributed by atoms with E-state index in [9.17, 15) is 14.4 Å². The number of rotatable bonds is 5. The number of benzene rings is 1. The highest BCUT2D eigenvalue weighted by Gasteiger charge is 2.39. The largest absolute Gasteiger partial charge is 0.351 e. The topological polar surface area (TPSA) is 71.4 Å². The second-order valence-electron chi connectivity index (χ2n) is 6.38. The van der Waals surface area contributed by atoms with Crippen molar-refractivity contribution in [3.8, 4) is 0 Å². The zero-order valence-corrected chi connectivity index (χ0v) is 14.6. The van der Waals surface area contributed by atoms with Gasteiger partial charge in [0, 0.05) is 30.4 Å². The van der Waals surface area contributed by atoms with Crippen LogP contribution in [0.4, 0.5) is 4.79 Å². The molecule has 0 spiro atoms. The van der Waals surface area contributed by atoms with Crippen LogP contribution in [0.1, 0.15) is 27.3 Å². The predicted molar refractivity (Wildman–Crippen MR) is 93.4 cm³/mol. The Labute approximate surface area is 146 Å². The summed E-state index contributed by atoms with van der Waals surface area (Å²) in [4.78, 5) is 38.2. The minimum absolute atomic E-state index is 0.231. The van der Waals surface area contributed by atoms with Crippen molar-refractivity contribution in [1.29, 1.82) is 0 Å². The molecule has 130 valence electrons. The van der Waals surface area contributed by atoms with Gasteiger partial charge in [0.05, 0.1) is 6.54 Å². The van der Waals surface area contributed by atoms with Crippen LogP contribution in [0, 0.1) is 13.8 Å². The molecule has 2 heterocycles. The van der Waals surface area contributed by atoms with Gasteiger partial charge in [-0.25, -0.2) is 4.79 Å². The maximum atomic E-state index is 12.6. The summed E-state index contributed by atoms with van der Waals surface area (Å²) < 4.78 is 1.91. The van der Waals surface area contributed by atoms with Crippen molar-refractivity contribution < 1.29 is 14.4 Å². The third kappa shape index (κ3) is 3.20. The molecule has 1 aromatic carbocycles. The van der Waals surface area contributed by atoms with Gasteiger partial charge in [-0.15, -0.1) is 0 Å². The minimum atomic E-state index is -0.624. The molecule has 6 heteroatoms. The van der Waals surface area contributed by atoms with Crippen LogP contribution in [0.5, 0.6) is 0 Å². The standard InChI is InChI=1S/C19H21N3O3/c1-12-9-15(13(2)21(12)3)17(23)11-22-18(24)16(20-19(22)25)10-14-7-5-4-6-8-14/h4-9,16H,10-11H2,1-3H3,(H,20,25)/t16-/m1/s1. The SMILES string of the molecule is Cc1cc(C(=O)CN2C(=O)N[C@H](Cc3ccccc3)C2=O)c(C)n1C. The summed E-state index contributed by atoms with van der Waals surface area (Å²) in [6.07, 6.45) is 0.416. The van der Waals surface area contributed by atoms with Crippen molar-refractivity contribution in [2.45, 2.75) is 26.3 Å². The highest BCUT2D eigenvalue weighted by atomic mass is 16.2. The summed E-state index contributed by atoms with van der Waals surface area (Å²) in [6.45, 7) is 3.53. The van der Waals surface area contributed by atoms with Crippen LogP contribution in [-0.2, 0) is 18.3 Å². The molecule has 0 unspecified atom stereocenters. The quantitative estimate of drug-likeness (QED) is 0.669. The Hall–Kier alpha value is -2.89. The Morgan fingerprint density at radius 2 is 1.84 bits per heavy atom. The average Bonchev–Trinajstić information content (AvgIpc) is 3.00. The summed E-state index contributed by atoms with van der Waals surface area (Å²) in [5.41, 5.74) is 3.30. The fourth-order valence-corrected chi connectivity index (χ4v) is 3.08. The Morgan fingerprint density at radius 1 is 1.16 bits per heavy atom. The van der Waals surface area contributed by atoms with Gasteiger partial charge in [-0.05, 0) is 25.5 Å². The number of ketones is 1. The third-order valence-electron chi connectivity index (χ3n) is 4.77. The zero-order chi connectivity index (χ0) is 18.1. The van der Waals surface area contributed by atoms with Gasteiger partial charge >= 0.3 is 6.03 Å². The number of carbonyl (C=O) groups excluding carboxylic acids is 3. The van der Waals surface area contributed by atoms with Crippen LogP contribution in [-0.4, -0.2) is 39.8 Å². The van der Waals surface area contributed by atoms with Gasteiger partial charge in [0.25, 0.3) is 5.91 Å². The van der Waals surface area contributed by atoms with Crippen LogP contribution in [0.2, 0.25) is 0 Å². The molecule has 0 aliphatic carbocycles. The zero-order valence-electron chi connectivity index (χ0n) is 14.6. The molecule has 2 aromatic rings. The van der Waals surface area contributed by atoms with E-state index in [1.54, 1.807) is 6.07 Å². The van der Waals surface area contributed by atoms with E-state index in [4.69, 9.17) is 0 Å². The Kier molecular flexibility index (Phi) is 4.44. The molecular weight excluding hydrogens is 318 g/mol. The smallest absolute Gasteiger partial charge is 0.325 e. The molecule has 1 saturated heterocycles. The predicted octanol–water partition coefficient (Wildman–Crippen LogP) is 1.99. The Morgan fingerprint density at radius 3 is 2.44 bits per heavy atom. The Balaban J connectivity index is 1.72. The molecule has 6 nitrogen and oxygen atoms in total. The molecule has 1 atom stereocenters. The second kappa shape index (κ2) is 6.55. The first kappa shape index (κ1) is 17.0. The van der Waals surface area contributed by atoms with Gasteiger partial charge < -0.3 is 9.88 Å². The number of imide groups is 1. The van der Waals surface area contributed by atoms with Gasteiger partial charge in [0.15, 0.2) is 5.78 Å². The van der Waals surface area contributed by atoms with Gasteiger partial charge in [0.2, 0.25) is 0 Å². The highest BCUT2D eigenvalue weighted by molar-refractivity contribution is 6.09. The molecule has 1 aromatic heterocycles. The van der Waals surface area contributed by atoms with Crippen LogP contribution in [0.15, 0.2) is 36.4 Å². The molecule has 1 fully saturated rings. The lowest BCUT2D eigenvalue weighted by atomic mass is 10.1. The minimum Gasteiger partial charge on any atom is -0.351 e. The van der Waals surface area contributed by atoms with Crippen LogP contribution in [0.25, 0.3) is 0 Å². The summed E-state index contributed by atoms with van der Waals surface area (Å²) in [5, 5.41) is 2.67. The maximum Gasteiger partial charge on any atom is 0.325 e. The van der Waals surface area contributed by atoms with E-state index in [2.05, 4.69) is 5.32 Å². The molecule has 0 radical (unpaired) electrons. The molecule has 3 amide bonds. The van der Waals surface area contributed by atoms with E-state index < -0.39 is 12.1 Å². The van der Waals surface area contributed by atoms with E-state index in [1.807, 2.05) is 55.8 Å². The number of urea groups is 1. The van der Waals surface area contributed by atoms with Gasteiger partial charge in [0.1, 0.15) is 6.04 Å². The molecule has 1 N–H and O–H groups in total. The number of nitrogens with zero attached hydrogens (tertiary/aromatic N) is 2. The molecule has 3 rings (SSSR count). The third-order valence-corrected chi connectivity index (χ3v) is 4.77. The lowest BCUT2D eigenvalue weighted by molar-refractivity contribution is -0.127. The first-order valence-corrected chi connectivity index (χ1v) is 8.20. The monoisotopic (exact) mass is 339 g/mol. The molecular formula is C19H21N3O3. The second-order valence-corrected chi connectivity index (χ2v) is 6.38. The number of amides is 3. The van der Waals surface area contributed by atoms with Crippen LogP contribution in [0.3, 0.4) is 0 Å². The highest BCUT2D eigenvalue weighted by Crippen LogP contribution is 2.17. The maximum absolute atomic E-state index is 12.6. The van der Waals surface area contributed by atoms with Gasteiger partial charge in [-0.3, -0.25) is 14.5 Å². The van der Waals surface area contributed by atoms with Crippen molar-refractivity contribution in [1.82, 2.24) is 14.8 Å². The molecule has 1 aliphatic heterocycles. The number of hydrogen-bond acceptors (Lipinski definition) is 3. The summed E-state index contributed by atoms with van der Waals surface area (Å²) in [5.74, 6) is -0.586. The first-order valence-electron chi connectivity index (χ1n) is 8.20. The normalized spacial score (nSPS) is 17.1. The number of aryl methyl sites for hydroxylation is 1. The average molecular weight is 339 g/mol. The van der Waals surface area contributed by atoms with Crippen molar-refractivity contribution in [3.63, 3.8) is 0 Å². The van der Waals surface area contributed by atoms with Gasteiger partial charge in [-0.1, -0.05) is 30.3 Å². The van der Waals surface area contributed by atoms with Gasteiger partial charge in [-0.2, -0.15) is 0 Å². The number of carbonyl (C=O) groups is 3. The number of Topliss-reactive ketones (excluding diaryl/α,β-unsaturated/α-hetero) is 1. The Bertz CT molecular complexity index is 839.